The van der Waals surface area contributed by atoms with Crippen LogP contribution in [0.2, 0.25) is 0 Å². The van der Waals surface area contributed by atoms with Crippen LogP contribution >= 0.6 is 0 Å². The molecule has 6 nitrogen and oxygen atoms in total. The lowest BCUT2D eigenvalue weighted by atomic mass is 10.1. The van der Waals surface area contributed by atoms with E-state index < -0.39 is 10.0 Å². The molecule has 0 heterocycles. The first-order valence-corrected chi connectivity index (χ1v) is 9.17. The lowest BCUT2D eigenvalue weighted by molar-refractivity contribution is 0.0919. The summed E-state index contributed by atoms with van der Waals surface area (Å²) in [6.07, 6.45) is 3.16. The molecular weight excluding hydrogens is 314 g/mol. The van der Waals surface area contributed by atoms with Gasteiger partial charge in [-0.1, -0.05) is 0 Å². The molecule has 128 valence electrons. The van der Waals surface area contributed by atoms with Crippen LogP contribution in [0.3, 0.4) is 0 Å². The van der Waals surface area contributed by atoms with Crippen molar-refractivity contribution >= 4 is 15.9 Å². The molecule has 0 spiro atoms. The van der Waals surface area contributed by atoms with Gasteiger partial charge in [0.25, 0.3) is 5.91 Å². The van der Waals surface area contributed by atoms with Crippen LogP contribution in [0, 0.1) is 0 Å². The Morgan fingerprint density at radius 3 is 2.22 bits per heavy atom. The second kappa shape index (κ2) is 6.98. The molecule has 1 aliphatic carbocycles. The van der Waals surface area contributed by atoms with Gasteiger partial charge in [0.1, 0.15) is 0 Å². The highest BCUT2D eigenvalue weighted by Crippen LogP contribution is 2.23. The molecule has 1 amide bonds. The summed E-state index contributed by atoms with van der Waals surface area (Å²) in [6, 6.07) is 6.57. The zero-order valence-corrected chi connectivity index (χ0v) is 14.9. The highest BCUT2D eigenvalue weighted by atomic mass is 32.2. The molecule has 2 rings (SSSR count). The highest BCUT2D eigenvalue weighted by Gasteiger charge is 2.30. The fraction of sp³-hybridized carbons (Fsp3) is 0.562. The first-order chi connectivity index (χ1) is 10.7. The van der Waals surface area contributed by atoms with Crippen molar-refractivity contribution in [2.75, 3.05) is 28.2 Å². The number of likely N-dealkylation sites (N-methyl/N-ethyl adjacent to an activating group) is 1. The van der Waals surface area contributed by atoms with Crippen LogP contribution in [0.5, 0.6) is 0 Å². The van der Waals surface area contributed by atoms with E-state index in [0.717, 1.165) is 23.6 Å². The molecule has 1 aliphatic rings. The molecule has 1 aromatic carbocycles. The minimum Gasteiger partial charge on any atom is -0.348 e. The Kier molecular flexibility index (Phi) is 5.44. The molecule has 1 aromatic rings. The predicted molar refractivity (Wildman–Crippen MR) is 89.9 cm³/mol. The molecule has 1 fully saturated rings. The fourth-order valence-electron chi connectivity index (χ4n) is 2.97. The van der Waals surface area contributed by atoms with Crippen molar-refractivity contribution < 1.29 is 13.2 Å². The summed E-state index contributed by atoms with van der Waals surface area (Å²) in [6.45, 7) is 0. The minimum atomic E-state index is -3.47. The van der Waals surface area contributed by atoms with Crippen molar-refractivity contribution in [2.45, 2.75) is 36.2 Å². The Morgan fingerprint density at radius 2 is 1.70 bits per heavy atom. The average molecular weight is 339 g/mol. The smallest absolute Gasteiger partial charge is 0.251 e. The fourth-order valence-corrected chi connectivity index (χ4v) is 3.87. The first-order valence-electron chi connectivity index (χ1n) is 7.73. The maximum Gasteiger partial charge on any atom is 0.251 e. The van der Waals surface area contributed by atoms with Crippen molar-refractivity contribution in [1.29, 1.82) is 0 Å². The quantitative estimate of drug-likeness (QED) is 0.874. The van der Waals surface area contributed by atoms with Gasteiger partial charge in [0, 0.05) is 31.7 Å². The number of rotatable bonds is 5. The number of hydrogen-bond donors (Lipinski definition) is 1. The Hall–Kier alpha value is -1.44. The molecule has 2 atom stereocenters. The SMILES string of the molecule is CN(C)[C@@H]1CCC[C@H]1NC(=O)c1ccc(S(=O)(=O)N(C)C)cc1. The molecule has 0 aliphatic heterocycles. The number of carbonyl (C=O) groups is 1. The molecule has 0 unspecified atom stereocenters. The van der Waals surface area contributed by atoms with Gasteiger partial charge in [0.15, 0.2) is 0 Å². The Labute approximate surface area is 138 Å². The summed E-state index contributed by atoms with van der Waals surface area (Å²) in [5.74, 6) is -0.155. The van der Waals surface area contributed by atoms with Crippen LogP contribution in [-0.4, -0.2) is 63.8 Å². The average Bonchev–Trinajstić information content (AvgIpc) is 2.95. The number of nitrogens with one attached hydrogen (secondary N) is 1. The first kappa shape index (κ1) is 17.9. The van der Waals surface area contributed by atoms with E-state index in [1.807, 2.05) is 14.1 Å². The van der Waals surface area contributed by atoms with Crippen LogP contribution in [0.4, 0.5) is 0 Å². The number of nitrogens with zero attached hydrogens (tertiary/aromatic N) is 2. The minimum absolute atomic E-state index is 0.141. The molecule has 0 radical (unpaired) electrons. The summed E-state index contributed by atoms with van der Waals surface area (Å²) in [7, 11) is 3.55. The van der Waals surface area contributed by atoms with Crippen LogP contribution in [0.15, 0.2) is 29.2 Å². The van der Waals surface area contributed by atoms with Gasteiger partial charge in [-0.2, -0.15) is 0 Å². The van der Waals surface area contributed by atoms with E-state index in [1.54, 1.807) is 12.1 Å². The van der Waals surface area contributed by atoms with Gasteiger partial charge < -0.3 is 10.2 Å². The Balaban J connectivity index is 2.09. The molecule has 7 heteroatoms. The van der Waals surface area contributed by atoms with E-state index in [0.29, 0.717) is 11.6 Å². The summed E-state index contributed by atoms with van der Waals surface area (Å²) in [5, 5.41) is 3.07. The highest BCUT2D eigenvalue weighted by molar-refractivity contribution is 7.89. The van der Waals surface area contributed by atoms with Gasteiger partial charge >= 0.3 is 0 Å². The normalized spacial score (nSPS) is 21.8. The number of sulfonamides is 1. The van der Waals surface area contributed by atoms with Gasteiger partial charge in [-0.25, -0.2) is 12.7 Å². The molecular formula is C16H25N3O3S. The number of amides is 1. The molecule has 0 saturated heterocycles. The predicted octanol–water partition coefficient (Wildman–Crippen LogP) is 1.15. The van der Waals surface area contributed by atoms with Crippen molar-refractivity contribution in [3.8, 4) is 0 Å². The van der Waals surface area contributed by atoms with Crippen LogP contribution < -0.4 is 5.32 Å². The maximum atomic E-state index is 12.4. The van der Waals surface area contributed by atoms with E-state index in [-0.39, 0.29) is 16.8 Å². The maximum absolute atomic E-state index is 12.4. The molecule has 23 heavy (non-hydrogen) atoms. The lowest BCUT2D eigenvalue weighted by Crippen LogP contribution is -2.46. The molecule has 1 saturated carbocycles. The van der Waals surface area contributed by atoms with E-state index in [2.05, 4.69) is 10.2 Å². The van der Waals surface area contributed by atoms with Crippen molar-refractivity contribution in [1.82, 2.24) is 14.5 Å². The second-order valence-corrected chi connectivity index (χ2v) is 8.51. The number of carbonyl (C=O) groups excluding carboxylic acids is 1. The van der Waals surface area contributed by atoms with E-state index in [4.69, 9.17) is 0 Å². The molecule has 0 bridgehead atoms. The summed E-state index contributed by atoms with van der Waals surface area (Å²) in [4.78, 5) is 14.7. The summed E-state index contributed by atoms with van der Waals surface area (Å²) in [5.41, 5.74) is 0.479. The van der Waals surface area contributed by atoms with Crippen molar-refractivity contribution in [2.24, 2.45) is 0 Å². The van der Waals surface area contributed by atoms with Crippen molar-refractivity contribution in [3.63, 3.8) is 0 Å². The van der Waals surface area contributed by atoms with Gasteiger partial charge in [-0.3, -0.25) is 4.79 Å². The third-order valence-corrected chi connectivity index (χ3v) is 6.18. The largest absolute Gasteiger partial charge is 0.348 e. The second-order valence-electron chi connectivity index (χ2n) is 6.35. The van der Waals surface area contributed by atoms with Gasteiger partial charge in [0.2, 0.25) is 10.0 Å². The standard InChI is InChI=1S/C16H25N3O3S/c1-18(2)15-7-5-6-14(15)17-16(20)12-8-10-13(11-9-12)23(21,22)19(3)4/h8-11,14-15H,5-7H2,1-4H3,(H,17,20)/t14-,15-/m1/s1. The van der Waals surface area contributed by atoms with Crippen LogP contribution in [0.25, 0.3) is 0 Å². The monoisotopic (exact) mass is 339 g/mol. The Bertz CT molecular complexity index is 654. The number of benzene rings is 1. The molecule has 1 N–H and O–H groups in total. The summed E-state index contributed by atoms with van der Waals surface area (Å²) < 4.78 is 25.2. The van der Waals surface area contributed by atoms with Gasteiger partial charge in [-0.15, -0.1) is 0 Å². The van der Waals surface area contributed by atoms with Gasteiger partial charge in [-0.05, 0) is 57.6 Å². The zero-order chi connectivity index (χ0) is 17.2. The third kappa shape index (κ3) is 3.91. The third-order valence-electron chi connectivity index (χ3n) is 4.35. The van der Waals surface area contributed by atoms with E-state index >= 15 is 0 Å². The van der Waals surface area contributed by atoms with Crippen LogP contribution in [-0.2, 0) is 10.0 Å². The zero-order valence-electron chi connectivity index (χ0n) is 14.1. The molecule has 0 aromatic heterocycles. The van der Waals surface area contributed by atoms with E-state index in [1.165, 1.54) is 26.2 Å². The van der Waals surface area contributed by atoms with Gasteiger partial charge in [0.05, 0.1) is 4.90 Å². The number of hydrogen-bond acceptors (Lipinski definition) is 4. The topological polar surface area (TPSA) is 69.7 Å². The van der Waals surface area contributed by atoms with E-state index in [9.17, 15) is 13.2 Å². The van der Waals surface area contributed by atoms with Crippen LogP contribution in [0.1, 0.15) is 29.6 Å². The lowest BCUT2D eigenvalue weighted by Gasteiger charge is -2.26. The summed E-state index contributed by atoms with van der Waals surface area (Å²) >= 11 is 0. The Morgan fingerprint density at radius 1 is 1.09 bits per heavy atom. The van der Waals surface area contributed by atoms with Crippen molar-refractivity contribution in [3.05, 3.63) is 29.8 Å².